The normalized spacial score (nSPS) is 11.7. The van der Waals surface area contributed by atoms with E-state index in [0.717, 1.165) is 4.90 Å². The van der Waals surface area contributed by atoms with Gasteiger partial charge in [0, 0.05) is 28.5 Å². The molecule has 4 aromatic rings. The van der Waals surface area contributed by atoms with E-state index >= 15 is 0 Å². The third kappa shape index (κ3) is 8.55. The molecule has 1 unspecified atom stereocenters. The van der Waals surface area contributed by atoms with E-state index in [1.165, 1.54) is 11.8 Å². The van der Waals surface area contributed by atoms with Crippen molar-refractivity contribution >= 4 is 46.9 Å². The molecule has 0 saturated heterocycles. The van der Waals surface area contributed by atoms with Crippen molar-refractivity contribution in [1.82, 2.24) is 10.3 Å². The van der Waals surface area contributed by atoms with Gasteiger partial charge in [-0.25, -0.2) is 0 Å². The Morgan fingerprint density at radius 2 is 1.71 bits per heavy atom. The number of ether oxygens (including phenoxy) is 1. The van der Waals surface area contributed by atoms with Crippen LogP contribution in [-0.2, 0) is 9.59 Å². The highest BCUT2D eigenvalue weighted by Gasteiger charge is 2.18. The minimum absolute atomic E-state index is 0.0608. The smallest absolute Gasteiger partial charge is 0.272 e. The predicted molar refractivity (Wildman–Crippen MR) is 163 cm³/mol. The first kappa shape index (κ1) is 29.1. The first-order valence-electron chi connectivity index (χ1n) is 13.0. The average Bonchev–Trinajstić information content (AvgIpc) is 2.99. The molecule has 0 fully saturated rings. The molecular weight excluding hydrogens is 536 g/mol. The largest absolute Gasteiger partial charge is 0.492 e. The first-order valence-corrected chi connectivity index (χ1v) is 13.9. The zero-order chi connectivity index (χ0) is 29.0. The lowest BCUT2D eigenvalue weighted by Crippen LogP contribution is -2.30. The molecule has 0 aliphatic heterocycles. The van der Waals surface area contributed by atoms with Gasteiger partial charge in [0.15, 0.2) is 0 Å². The zero-order valence-electron chi connectivity index (χ0n) is 22.7. The number of nitrogens with zero attached hydrogens (tertiary/aromatic N) is 1. The van der Waals surface area contributed by atoms with Gasteiger partial charge in [0.05, 0.1) is 17.5 Å². The van der Waals surface area contributed by atoms with Gasteiger partial charge in [-0.3, -0.25) is 19.4 Å². The lowest BCUT2D eigenvalue weighted by Gasteiger charge is -2.15. The molecule has 8 nitrogen and oxygen atoms in total. The van der Waals surface area contributed by atoms with Crippen molar-refractivity contribution < 1.29 is 19.1 Å². The van der Waals surface area contributed by atoms with Crippen molar-refractivity contribution in [3.05, 3.63) is 120 Å². The van der Waals surface area contributed by atoms with Crippen LogP contribution in [0.3, 0.4) is 0 Å². The number of hydrogen-bond acceptors (Lipinski definition) is 6. The minimum atomic E-state index is -0.501. The summed E-state index contributed by atoms with van der Waals surface area (Å²) in [5.41, 5.74) is 2.26. The summed E-state index contributed by atoms with van der Waals surface area (Å²) in [7, 11) is 0. The van der Waals surface area contributed by atoms with Crippen molar-refractivity contribution in [2.24, 2.45) is 0 Å². The van der Waals surface area contributed by atoms with Crippen LogP contribution in [0.15, 0.2) is 114 Å². The van der Waals surface area contributed by atoms with Crippen LogP contribution in [0.25, 0.3) is 6.08 Å². The van der Waals surface area contributed by atoms with Crippen LogP contribution in [0, 0.1) is 0 Å². The molecule has 0 bridgehead atoms. The molecule has 4 rings (SSSR count). The van der Waals surface area contributed by atoms with E-state index in [-0.39, 0.29) is 11.6 Å². The highest BCUT2D eigenvalue weighted by molar-refractivity contribution is 8.00. The molecular formula is C32H30N4O4S. The van der Waals surface area contributed by atoms with E-state index in [1.54, 1.807) is 79.1 Å². The van der Waals surface area contributed by atoms with E-state index in [4.69, 9.17) is 4.74 Å². The van der Waals surface area contributed by atoms with Gasteiger partial charge in [-0.1, -0.05) is 42.5 Å². The second-order valence-corrected chi connectivity index (χ2v) is 10.2. The summed E-state index contributed by atoms with van der Waals surface area (Å²) >= 11 is 1.35. The number of thioether (sulfide) groups is 1. The molecule has 3 amide bonds. The molecule has 1 atom stereocenters. The second-order valence-electron chi connectivity index (χ2n) is 8.82. The van der Waals surface area contributed by atoms with Gasteiger partial charge in [0.2, 0.25) is 5.91 Å². The third-order valence-corrected chi connectivity index (χ3v) is 6.84. The van der Waals surface area contributed by atoms with E-state index < -0.39 is 17.1 Å². The summed E-state index contributed by atoms with van der Waals surface area (Å²) in [5, 5.41) is 8.06. The fourth-order valence-corrected chi connectivity index (χ4v) is 4.69. The molecule has 0 saturated carbocycles. The van der Waals surface area contributed by atoms with E-state index in [9.17, 15) is 14.4 Å². The first-order chi connectivity index (χ1) is 19.9. The maximum absolute atomic E-state index is 13.3. The van der Waals surface area contributed by atoms with Crippen molar-refractivity contribution in [1.29, 1.82) is 0 Å². The molecule has 0 aliphatic carbocycles. The third-order valence-electron chi connectivity index (χ3n) is 5.74. The van der Waals surface area contributed by atoms with E-state index in [2.05, 4.69) is 20.9 Å². The van der Waals surface area contributed by atoms with Crippen LogP contribution >= 0.6 is 11.8 Å². The van der Waals surface area contributed by atoms with E-state index in [1.807, 2.05) is 44.2 Å². The number of carbonyl (C=O) groups is 3. The van der Waals surface area contributed by atoms with Gasteiger partial charge in [0.1, 0.15) is 11.4 Å². The molecule has 1 heterocycles. The lowest BCUT2D eigenvalue weighted by molar-refractivity contribution is -0.115. The molecule has 9 heteroatoms. The van der Waals surface area contributed by atoms with E-state index in [0.29, 0.717) is 34.9 Å². The molecule has 1 aromatic heterocycles. The van der Waals surface area contributed by atoms with Crippen LogP contribution in [0.4, 0.5) is 11.4 Å². The highest BCUT2D eigenvalue weighted by atomic mass is 32.2. The Labute approximate surface area is 243 Å². The monoisotopic (exact) mass is 566 g/mol. The van der Waals surface area contributed by atoms with Crippen LogP contribution in [0.1, 0.15) is 29.8 Å². The molecule has 3 N–H and O–H groups in total. The molecule has 0 aliphatic rings. The Morgan fingerprint density at radius 3 is 2.46 bits per heavy atom. The average molecular weight is 567 g/mol. The maximum atomic E-state index is 13.3. The van der Waals surface area contributed by atoms with Gasteiger partial charge >= 0.3 is 0 Å². The highest BCUT2D eigenvalue weighted by Crippen LogP contribution is 2.29. The fourth-order valence-electron chi connectivity index (χ4n) is 3.76. The molecule has 0 spiro atoms. The van der Waals surface area contributed by atoms with Gasteiger partial charge in [0.25, 0.3) is 11.8 Å². The number of hydrogen-bond donors (Lipinski definition) is 3. The van der Waals surface area contributed by atoms with Crippen LogP contribution in [0.2, 0.25) is 0 Å². The van der Waals surface area contributed by atoms with Crippen molar-refractivity contribution in [2.45, 2.75) is 24.0 Å². The van der Waals surface area contributed by atoms with Gasteiger partial charge in [-0.2, -0.15) is 0 Å². The quantitative estimate of drug-likeness (QED) is 0.152. The molecule has 3 aromatic carbocycles. The van der Waals surface area contributed by atoms with Crippen LogP contribution < -0.4 is 20.7 Å². The summed E-state index contributed by atoms with van der Waals surface area (Å²) in [5.74, 6) is -0.480. The summed E-state index contributed by atoms with van der Waals surface area (Å²) in [6, 6.07) is 26.6. The van der Waals surface area contributed by atoms with Gasteiger partial charge in [-0.15, -0.1) is 11.8 Å². The molecule has 41 heavy (non-hydrogen) atoms. The minimum Gasteiger partial charge on any atom is -0.492 e. The summed E-state index contributed by atoms with van der Waals surface area (Å²) in [6.45, 7) is 4.19. The number of pyridine rings is 1. The van der Waals surface area contributed by atoms with Crippen molar-refractivity contribution in [2.75, 3.05) is 17.2 Å². The number of para-hydroxylation sites is 2. The zero-order valence-corrected chi connectivity index (χ0v) is 23.5. The number of carbonyl (C=O) groups excluding carboxylic acids is 3. The Bertz CT molecular complexity index is 1530. The van der Waals surface area contributed by atoms with Gasteiger partial charge < -0.3 is 20.7 Å². The number of rotatable bonds is 11. The summed E-state index contributed by atoms with van der Waals surface area (Å²) in [4.78, 5) is 43.9. The number of nitrogens with one attached hydrogen (secondary N) is 3. The molecule has 208 valence electrons. The van der Waals surface area contributed by atoms with Crippen molar-refractivity contribution in [3.63, 3.8) is 0 Å². The standard InChI is InChI=1S/C32H30N4O4S/c1-3-40-29-17-8-7-16-27(29)35-30(37)22(2)41-26-15-9-14-25(20-26)34-32(39)28(19-23-11-10-18-33-21-23)36-31(38)24-12-5-4-6-13-24/h4-22H,3H2,1-2H3,(H,34,39)(H,35,37)(H,36,38)/b28-19-. The summed E-state index contributed by atoms with van der Waals surface area (Å²) < 4.78 is 5.60. The topological polar surface area (TPSA) is 109 Å². The molecule has 0 radical (unpaired) electrons. The lowest BCUT2D eigenvalue weighted by atomic mass is 10.2. The Hall–Kier alpha value is -4.89. The van der Waals surface area contributed by atoms with Crippen molar-refractivity contribution in [3.8, 4) is 5.75 Å². The number of benzene rings is 3. The maximum Gasteiger partial charge on any atom is 0.272 e. The van der Waals surface area contributed by atoms with Crippen LogP contribution in [0.5, 0.6) is 5.75 Å². The number of anilines is 2. The predicted octanol–water partition coefficient (Wildman–Crippen LogP) is 6.01. The Kier molecular flexibility index (Phi) is 10.3. The van der Waals surface area contributed by atoms with Gasteiger partial charge in [-0.05, 0) is 74.0 Å². The number of amides is 3. The summed E-state index contributed by atoms with van der Waals surface area (Å²) in [6.07, 6.45) is 4.79. The van der Waals surface area contributed by atoms with Crippen LogP contribution in [-0.4, -0.2) is 34.6 Å². The Morgan fingerprint density at radius 1 is 0.927 bits per heavy atom. The second kappa shape index (κ2) is 14.5. The SMILES string of the molecule is CCOc1ccccc1NC(=O)C(C)Sc1cccc(NC(=O)/C(=C/c2cccnc2)NC(=O)c2ccccc2)c1. The Balaban J connectivity index is 1.45. The number of aromatic nitrogens is 1. The fraction of sp³-hybridized carbons (Fsp3) is 0.125.